The number of hydrogen-bond donors (Lipinski definition) is 1. The maximum Gasteiger partial charge on any atom is 0.137 e. The van der Waals surface area contributed by atoms with Crippen molar-refractivity contribution in [3.8, 4) is 0 Å². The van der Waals surface area contributed by atoms with Crippen LogP contribution in [0.2, 0.25) is 0 Å². The van der Waals surface area contributed by atoms with E-state index in [0.29, 0.717) is 0 Å². The average molecular weight is 191 g/mol. The molecular formula is C5H7BrN2O. The number of allylic oxidation sites excluding steroid dienone is 1. The molecule has 0 radical (unpaired) electrons. The molecule has 1 aliphatic heterocycles. The number of nitrogens with zero attached hydrogens (tertiary/aromatic N) is 1. The van der Waals surface area contributed by atoms with Gasteiger partial charge in [-0.2, -0.15) is 0 Å². The van der Waals surface area contributed by atoms with E-state index in [1.807, 2.05) is 6.08 Å². The molecule has 1 N–H and O–H groups in total. The van der Waals surface area contributed by atoms with Crippen molar-refractivity contribution in [1.29, 1.82) is 0 Å². The van der Waals surface area contributed by atoms with E-state index in [1.54, 1.807) is 23.5 Å². The molecule has 0 bridgehead atoms. The summed E-state index contributed by atoms with van der Waals surface area (Å²) in [5.41, 5.74) is 2.86. The van der Waals surface area contributed by atoms with Crippen LogP contribution in [-0.4, -0.2) is 11.1 Å². The van der Waals surface area contributed by atoms with Crippen molar-refractivity contribution in [2.75, 3.05) is 7.11 Å². The second-order valence-electron chi connectivity index (χ2n) is 1.51. The first-order chi connectivity index (χ1) is 4.33. The summed E-state index contributed by atoms with van der Waals surface area (Å²) in [4.78, 5) is 0. The number of halogens is 1. The molecule has 3 nitrogen and oxygen atoms in total. The normalized spacial score (nSPS) is 16.7. The monoisotopic (exact) mass is 190 g/mol. The van der Waals surface area contributed by atoms with E-state index in [-0.39, 0.29) is 0 Å². The Balaban J connectivity index is 2.52. The van der Waals surface area contributed by atoms with E-state index < -0.39 is 0 Å². The Kier molecular flexibility index (Phi) is 2.00. The number of ether oxygens (including phenoxy) is 1. The third-order valence-corrected chi connectivity index (χ3v) is 1.38. The molecule has 0 saturated heterocycles. The smallest absolute Gasteiger partial charge is 0.137 e. The molecule has 0 atom stereocenters. The maximum atomic E-state index is 4.90. The van der Waals surface area contributed by atoms with Crippen LogP contribution in [0.1, 0.15) is 0 Å². The second-order valence-corrected chi connectivity index (χ2v) is 2.27. The average Bonchev–Trinajstić information content (AvgIpc) is 1.90. The van der Waals surface area contributed by atoms with E-state index in [4.69, 9.17) is 4.74 Å². The Bertz CT molecular complexity index is 155. The van der Waals surface area contributed by atoms with Crippen molar-refractivity contribution in [2.24, 2.45) is 0 Å². The molecule has 0 spiro atoms. The SMILES string of the molecule is COC1=CNN(Br)C=C1. The van der Waals surface area contributed by atoms with Crippen molar-refractivity contribution >= 4 is 16.1 Å². The largest absolute Gasteiger partial charge is 0.495 e. The van der Waals surface area contributed by atoms with E-state index >= 15 is 0 Å². The van der Waals surface area contributed by atoms with Crippen molar-refractivity contribution in [3.63, 3.8) is 0 Å². The fourth-order valence-electron chi connectivity index (χ4n) is 0.482. The molecule has 0 aliphatic carbocycles. The van der Waals surface area contributed by atoms with Crippen LogP contribution in [0.15, 0.2) is 24.2 Å². The van der Waals surface area contributed by atoms with Crippen LogP contribution in [0.5, 0.6) is 0 Å². The number of methoxy groups -OCH3 is 1. The van der Waals surface area contributed by atoms with Gasteiger partial charge in [0, 0.05) is 12.3 Å². The molecule has 50 valence electrons. The quantitative estimate of drug-likeness (QED) is 0.628. The Morgan fingerprint density at radius 1 is 1.78 bits per heavy atom. The second kappa shape index (κ2) is 2.77. The van der Waals surface area contributed by atoms with E-state index in [9.17, 15) is 0 Å². The van der Waals surface area contributed by atoms with Crippen molar-refractivity contribution in [1.82, 2.24) is 9.46 Å². The van der Waals surface area contributed by atoms with Crippen LogP contribution in [0.3, 0.4) is 0 Å². The Hall–Kier alpha value is -0.640. The lowest BCUT2D eigenvalue weighted by molar-refractivity contribution is 0.295. The molecule has 0 aromatic rings. The van der Waals surface area contributed by atoms with E-state index in [1.165, 1.54) is 0 Å². The zero-order valence-electron chi connectivity index (χ0n) is 4.97. The van der Waals surface area contributed by atoms with Crippen LogP contribution in [0.4, 0.5) is 0 Å². The summed E-state index contributed by atoms with van der Waals surface area (Å²) in [7, 11) is 1.63. The van der Waals surface area contributed by atoms with Crippen LogP contribution < -0.4 is 5.43 Å². The lowest BCUT2D eigenvalue weighted by Crippen LogP contribution is -2.21. The predicted molar refractivity (Wildman–Crippen MR) is 38.1 cm³/mol. The minimum absolute atomic E-state index is 0.811. The Morgan fingerprint density at radius 3 is 3.00 bits per heavy atom. The molecule has 1 aliphatic rings. The zero-order valence-corrected chi connectivity index (χ0v) is 6.55. The summed E-state index contributed by atoms with van der Waals surface area (Å²) in [5, 5.41) is 0. The van der Waals surface area contributed by atoms with Crippen molar-refractivity contribution < 1.29 is 4.74 Å². The Morgan fingerprint density at radius 2 is 2.56 bits per heavy atom. The molecule has 0 saturated carbocycles. The van der Waals surface area contributed by atoms with Crippen molar-refractivity contribution in [2.45, 2.75) is 0 Å². The lowest BCUT2D eigenvalue weighted by atomic mass is 10.5. The molecule has 0 fully saturated rings. The minimum atomic E-state index is 0.811. The summed E-state index contributed by atoms with van der Waals surface area (Å²) < 4.78 is 6.55. The topological polar surface area (TPSA) is 24.5 Å². The molecule has 0 amide bonds. The third kappa shape index (κ3) is 1.64. The van der Waals surface area contributed by atoms with Crippen LogP contribution in [-0.2, 0) is 4.74 Å². The van der Waals surface area contributed by atoms with Gasteiger partial charge in [0.05, 0.1) is 29.5 Å². The van der Waals surface area contributed by atoms with Gasteiger partial charge >= 0.3 is 0 Å². The number of nitrogens with one attached hydrogen (secondary N) is 1. The van der Waals surface area contributed by atoms with Gasteiger partial charge in [0.2, 0.25) is 0 Å². The number of hydrogen-bond acceptors (Lipinski definition) is 3. The summed E-state index contributed by atoms with van der Waals surface area (Å²) in [6, 6.07) is 0. The highest BCUT2D eigenvalue weighted by Gasteiger charge is 1.97. The molecule has 1 heterocycles. The number of rotatable bonds is 1. The molecule has 0 aromatic carbocycles. The molecule has 4 heteroatoms. The number of hydrazine groups is 1. The molecule has 1 rings (SSSR count). The summed E-state index contributed by atoms with van der Waals surface area (Å²) in [5.74, 6) is 0.811. The van der Waals surface area contributed by atoms with Gasteiger partial charge in [0.1, 0.15) is 5.76 Å². The van der Waals surface area contributed by atoms with Gasteiger partial charge in [0.25, 0.3) is 0 Å². The van der Waals surface area contributed by atoms with Crippen LogP contribution in [0.25, 0.3) is 0 Å². The van der Waals surface area contributed by atoms with Gasteiger partial charge in [-0.25, -0.2) is 4.03 Å². The first-order valence-electron chi connectivity index (χ1n) is 2.46. The fraction of sp³-hybridized carbons (Fsp3) is 0.200. The highest BCUT2D eigenvalue weighted by Crippen LogP contribution is 2.05. The highest BCUT2D eigenvalue weighted by atomic mass is 79.9. The third-order valence-electron chi connectivity index (χ3n) is 0.936. The first kappa shape index (κ1) is 6.48. The minimum Gasteiger partial charge on any atom is -0.495 e. The van der Waals surface area contributed by atoms with Gasteiger partial charge in [-0.15, -0.1) is 0 Å². The molecule has 9 heavy (non-hydrogen) atoms. The van der Waals surface area contributed by atoms with Crippen molar-refractivity contribution in [3.05, 3.63) is 24.2 Å². The fourth-order valence-corrected chi connectivity index (χ4v) is 0.703. The maximum absolute atomic E-state index is 4.90. The molecular weight excluding hydrogens is 184 g/mol. The molecule has 0 unspecified atom stereocenters. The predicted octanol–water partition coefficient (Wildman–Crippen LogP) is 1.12. The van der Waals surface area contributed by atoms with Crippen LogP contribution in [0, 0.1) is 0 Å². The van der Waals surface area contributed by atoms with Gasteiger partial charge < -0.3 is 4.74 Å². The highest BCUT2D eigenvalue weighted by molar-refractivity contribution is 9.07. The summed E-state index contributed by atoms with van der Waals surface area (Å²) in [6.07, 6.45) is 5.39. The van der Waals surface area contributed by atoms with E-state index in [2.05, 4.69) is 21.6 Å². The van der Waals surface area contributed by atoms with Gasteiger partial charge in [-0.1, -0.05) is 0 Å². The summed E-state index contributed by atoms with van der Waals surface area (Å²) in [6.45, 7) is 0. The van der Waals surface area contributed by atoms with Gasteiger partial charge in [-0.3, -0.25) is 5.43 Å². The van der Waals surface area contributed by atoms with Crippen LogP contribution >= 0.6 is 16.1 Å². The summed E-state index contributed by atoms with van der Waals surface area (Å²) >= 11 is 3.18. The lowest BCUT2D eigenvalue weighted by Gasteiger charge is -2.15. The molecule has 0 aromatic heterocycles. The zero-order chi connectivity index (χ0) is 6.69. The Labute approximate surface area is 62.3 Å². The van der Waals surface area contributed by atoms with E-state index in [0.717, 1.165) is 5.76 Å². The van der Waals surface area contributed by atoms with Gasteiger partial charge in [0.15, 0.2) is 0 Å². The first-order valence-corrected chi connectivity index (χ1v) is 3.17. The van der Waals surface area contributed by atoms with Gasteiger partial charge in [-0.05, 0) is 0 Å². The standard InChI is InChI=1S/C5H7BrN2O/c1-9-5-2-3-8(6)7-4-5/h2-4,7H,1H3.